The number of quaternary nitrogens is 1. The molecule has 0 aromatic carbocycles. The molecule has 1 saturated heterocycles. The van der Waals surface area contributed by atoms with Gasteiger partial charge < -0.3 is 21.6 Å². The highest BCUT2D eigenvalue weighted by Crippen LogP contribution is 2.16. The van der Waals surface area contributed by atoms with Gasteiger partial charge in [0.15, 0.2) is 0 Å². The third-order valence-electron chi connectivity index (χ3n) is 2.73. The van der Waals surface area contributed by atoms with Gasteiger partial charge in [-0.3, -0.25) is 0 Å². The second-order valence-corrected chi connectivity index (χ2v) is 3.87. The lowest BCUT2D eigenvalue weighted by Gasteiger charge is -2.32. The summed E-state index contributed by atoms with van der Waals surface area (Å²) in [5.41, 5.74) is 0. The summed E-state index contributed by atoms with van der Waals surface area (Å²) in [5, 5.41) is 0. The van der Waals surface area contributed by atoms with Gasteiger partial charge in [0.1, 0.15) is 0 Å². The van der Waals surface area contributed by atoms with Crippen molar-refractivity contribution >= 4 is 0 Å². The van der Waals surface area contributed by atoms with Gasteiger partial charge in [0.05, 0.1) is 39.4 Å². The van der Waals surface area contributed by atoms with Gasteiger partial charge in [0, 0.05) is 6.42 Å². The molecule has 0 spiro atoms. The van der Waals surface area contributed by atoms with Crippen molar-refractivity contribution in [2.45, 2.75) is 19.4 Å². The molecule has 2 atom stereocenters. The zero-order chi connectivity index (χ0) is 9.03. The molecule has 2 nitrogen and oxygen atoms in total. The first-order chi connectivity index (χ1) is 5.70. The van der Waals surface area contributed by atoms with Crippen LogP contribution in [0.5, 0.6) is 0 Å². The SMILES string of the molecule is C=CC[N+](C)(CC)CCC1CO1.[Cl-]. The van der Waals surface area contributed by atoms with Crippen molar-refractivity contribution in [3.63, 3.8) is 0 Å². The fourth-order valence-corrected chi connectivity index (χ4v) is 1.38. The number of halogens is 1. The van der Waals surface area contributed by atoms with Crippen molar-refractivity contribution in [1.82, 2.24) is 0 Å². The van der Waals surface area contributed by atoms with Gasteiger partial charge in [0.25, 0.3) is 0 Å². The summed E-state index contributed by atoms with van der Waals surface area (Å²) in [4.78, 5) is 0. The van der Waals surface area contributed by atoms with Crippen molar-refractivity contribution < 1.29 is 21.6 Å². The van der Waals surface area contributed by atoms with Crippen LogP contribution < -0.4 is 12.4 Å². The molecule has 1 fully saturated rings. The molecule has 0 amide bonds. The van der Waals surface area contributed by atoms with Gasteiger partial charge in [0.2, 0.25) is 0 Å². The summed E-state index contributed by atoms with van der Waals surface area (Å²) in [6.07, 6.45) is 3.79. The quantitative estimate of drug-likeness (QED) is 0.290. The highest BCUT2D eigenvalue weighted by molar-refractivity contribution is 4.70. The molecule has 0 aromatic heterocycles. The second kappa shape index (κ2) is 5.63. The zero-order valence-corrected chi connectivity index (χ0v) is 9.39. The van der Waals surface area contributed by atoms with Crippen molar-refractivity contribution in [1.29, 1.82) is 0 Å². The number of nitrogens with zero attached hydrogens (tertiary/aromatic N) is 1. The van der Waals surface area contributed by atoms with Crippen LogP contribution in [-0.2, 0) is 4.74 Å². The Labute approximate surface area is 87.6 Å². The maximum atomic E-state index is 5.19. The van der Waals surface area contributed by atoms with Crippen LogP contribution in [0.2, 0.25) is 0 Å². The molecule has 1 rings (SSSR count). The molecule has 3 heteroatoms. The van der Waals surface area contributed by atoms with Gasteiger partial charge in [-0.2, -0.15) is 0 Å². The minimum Gasteiger partial charge on any atom is -1.00 e. The fourth-order valence-electron chi connectivity index (χ4n) is 1.38. The van der Waals surface area contributed by atoms with Gasteiger partial charge in [-0.25, -0.2) is 0 Å². The predicted molar refractivity (Wildman–Crippen MR) is 51.0 cm³/mol. The minimum absolute atomic E-state index is 0. The molecule has 1 aliphatic heterocycles. The third-order valence-corrected chi connectivity index (χ3v) is 2.73. The molecule has 13 heavy (non-hydrogen) atoms. The topological polar surface area (TPSA) is 12.5 Å². The Morgan fingerprint density at radius 2 is 2.23 bits per heavy atom. The van der Waals surface area contributed by atoms with Crippen LogP contribution in [0.25, 0.3) is 0 Å². The molecule has 0 aliphatic carbocycles. The summed E-state index contributed by atoms with van der Waals surface area (Å²) in [6.45, 7) is 10.5. The highest BCUT2D eigenvalue weighted by atomic mass is 35.5. The lowest BCUT2D eigenvalue weighted by Crippen LogP contribution is -3.00. The van der Waals surface area contributed by atoms with Crippen LogP contribution in [0.4, 0.5) is 0 Å². The first-order valence-electron chi connectivity index (χ1n) is 4.76. The van der Waals surface area contributed by atoms with Crippen molar-refractivity contribution in [2.75, 3.05) is 33.3 Å². The average molecular weight is 206 g/mol. The summed E-state index contributed by atoms with van der Waals surface area (Å²) in [6, 6.07) is 0. The van der Waals surface area contributed by atoms with Gasteiger partial charge >= 0.3 is 0 Å². The highest BCUT2D eigenvalue weighted by Gasteiger charge is 2.27. The molecule has 0 radical (unpaired) electrons. The van der Waals surface area contributed by atoms with E-state index < -0.39 is 0 Å². The van der Waals surface area contributed by atoms with Crippen LogP contribution in [0.15, 0.2) is 12.7 Å². The summed E-state index contributed by atoms with van der Waals surface area (Å²) in [7, 11) is 2.28. The van der Waals surface area contributed by atoms with E-state index in [9.17, 15) is 0 Å². The van der Waals surface area contributed by atoms with E-state index in [1.807, 2.05) is 6.08 Å². The van der Waals surface area contributed by atoms with Crippen LogP contribution in [0.1, 0.15) is 13.3 Å². The Bertz CT molecular complexity index is 159. The van der Waals surface area contributed by atoms with Crippen molar-refractivity contribution in [2.24, 2.45) is 0 Å². The van der Waals surface area contributed by atoms with E-state index in [1.54, 1.807) is 0 Å². The van der Waals surface area contributed by atoms with Crippen LogP contribution in [0, 0.1) is 0 Å². The molecular formula is C10H20ClNO. The average Bonchev–Trinajstić information content (AvgIpc) is 2.85. The Morgan fingerprint density at radius 3 is 2.62 bits per heavy atom. The zero-order valence-electron chi connectivity index (χ0n) is 8.63. The Balaban J connectivity index is 0.00000144. The maximum absolute atomic E-state index is 5.19. The Morgan fingerprint density at radius 1 is 1.62 bits per heavy atom. The van der Waals surface area contributed by atoms with Gasteiger partial charge in [-0.1, -0.05) is 6.58 Å². The molecule has 2 unspecified atom stereocenters. The van der Waals surface area contributed by atoms with E-state index in [2.05, 4.69) is 20.6 Å². The number of ether oxygens (including phenoxy) is 1. The molecule has 0 saturated carbocycles. The fraction of sp³-hybridized carbons (Fsp3) is 0.800. The Hall–Kier alpha value is -0.0500. The molecule has 0 aromatic rings. The monoisotopic (exact) mass is 205 g/mol. The van der Waals surface area contributed by atoms with Gasteiger partial charge in [-0.15, -0.1) is 0 Å². The number of epoxide rings is 1. The van der Waals surface area contributed by atoms with Crippen LogP contribution in [-0.4, -0.2) is 43.9 Å². The van der Waals surface area contributed by atoms with E-state index in [4.69, 9.17) is 4.74 Å². The molecule has 78 valence electrons. The lowest BCUT2D eigenvalue weighted by atomic mass is 10.2. The van der Waals surface area contributed by atoms with Crippen LogP contribution >= 0.6 is 0 Å². The molecular weight excluding hydrogens is 186 g/mol. The normalized spacial score (nSPS) is 24.3. The molecule has 0 bridgehead atoms. The summed E-state index contributed by atoms with van der Waals surface area (Å²) in [5.74, 6) is 0. The smallest absolute Gasteiger partial charge is 0.0968 e. The van der Waals surface area contributed by atoms with E-state index in [0.717, 1.165) is 17.6 Å². The van der Waals surface area contributed by atoms with E-state index >= 15 is 0 Å². The number of likely N-dealkylation sites (N-methyl/N-ethyl adjacent to an activating group) is 1. The largest absolute Gasteiger partial charge is 1.00 e. The number of hydrogen-bond donors (Lipinski definition) is 0. The first kappa shape index (κ1) is 12.9. The van der Waals surface area contributed by atoms with Crippen molar-refractivity contribution in [3.8, 4) is 0 Å². The van der Waals surface area contributed by atoms with E-state index in [1.165, 1.54) is 19.5 Å². The molecule has 1 heterocycles. The second-order valence-electron chi connectivity index (χ2n) is 3.87. The Kier molecular flexibility index (Phi) is 5.61. The first-order valence-corrected chi connectivity index (χ1v) is 4.76. The van der Waals surface area contributed by atoms with Crippen molar-refractivity contribution in [3.05, 3.63) is 12.7 Å². The van der Waals surface area contributed by atoms with Crippen LogP contribution in [0.3, 0.4) is 0 Å². The minimum atomic E-state index is 0. The predicted octanol–water partition coefficient (Wildman–Crippen LogP) is -1.57. The van der Waals surface area contributed by atoms with Gasteiger partial charge in [-0.05, 0) is 13.0 Å². The summed E-state index contributed by atoms with van der Waals surface area (Å²) >= 11 is 0. The van der Waals surface area contributed by atoms with E-state index in [0.29, 0.717) is 6.10 Å². The maximum Gasteiger partial charge on any atom is 0.0968 e. The standard InChI is InChI=1S/C10H20NO.ClH/c1-4-7-11(3,5-2)8-6-10-9-12-10;/h4,10H,1,5-9H2,2-3H3;1H/q+1;/p-1. The lowest BCUT2D eigenvalue weighted by molar-refractivity contribution is -0.902. The van der Waals surface area contributed by atoms with E-state index in [-0.39, 0.29) is 12.4 Å². The third kappa shape index (κ3) is 4.65. The number of rotatable bonds is 6. The molecule has 1 aliphatic rings. The summed E-state index contributed by atoms with van der Waals surface area (Å²) < 4.78 is 6.29. The number of hydrogen-bond acceptors (Lipinski definition) is 1. The molecule has 0 N–H and O–H groups in total.